The standard InChI is InChI=1S/C19H20N2O.C4H4O4/c1-20-10-12-21(13-11-20)17-14-15-6-2-4-8-18(15)22-19-9-5-3-7-16(17)19;5-3(6)1-2-4(7)8/h2-9,14H,10-13H2,1H3;1-2H,(H,5,6)(H,7,8)/b;2-1+. The van der Waals surface area contributed by atoms with E-state index in [0.717, 1.165) is 43.2 Å². The van der Waals surface area contributed by atoms with Crippen molar-refractivity contribution in [1.82, 2.24) is 9.80 Å². The van der Waals surface area contributed by atoms with Crippen LogP contribution in [0, 0.1) is 0 Å². The SMILES string of the molecule is CN1CCN(C2=Cc3ccccc3Oc3ccccc32)CC1.O=C(O)/C=C/C(=O)O. The van der Waals surface area contributed by atoms with Crippen LogP contribution in [0.15, 0.2) is 60.7 Å². The van der Waals surface area contributed by atoms with Crippen molar-refractivity contribution in [3.05, 3.63) is 71.8 Å². The van der Waals surface area contributed by atoms with Crippen LogP contribution in [0.2, 0.25) is 0 Å². The van der Waals surface area contributed by atoms with Crippen LogP contribution < -0.4 is 4.74 Å². The van der Waals surface area contributed by atoms with Crippen molar-refractivity contribution in [2.75, 3.05) is 33.2 Å². The van der Waals surface area contributed by atoms with Crippen LogP contribution in [0.5, 0.6) is 11.5 Å². The molecule has 2 heterocycles. The number of carboxylic acid groups (broad SMARTS) is 2. The molecule has 0 aromatic heterocycles. The number of hydrogen-bond donors (Lipinski definition) is 2. The van der Waals surface area contributed by atoms with Gasteiger partial charge in [-0.15, -0.1) is 0 Å². The van der Waals surface area contributed by atoms with Gasteiger partial charge in [0.1, 0.15) is 11.5 Å². The highest BCUT2D eigenvalue weighted by Gasteiger charge is 2.22. The molecule has 0 unspecified atom stereocenters. The quantitative estimate of drug-likeness (QED) is 0.754. The van der Waals surface area contributed by atoms with Crippen molar-refractivity contribution in [3.8, 4) is 11.5 Å². The van der Waals surface area contributed by atoms with E-state index in [1.54, 1.807) is 0 Å². The van der Waals surface area contributed by atoms with Crippen molar-refractivity contribution in [2.45, 2.75) is 0 Å². The molecule has 0 atom stereocenters. The zero-order valence-corrected chi connectivity index (χ0v) is 16.7. The van der Waals surface area contributed by atoms with Gasteiger partial charge in [-0.1, -0.05) is 30.3 Å². The average molecular weight is 408 g/mol. The molecule has 2 aliphatic rings. The third kappa shape index (κ3) is 5.48. The number of rotatable bonds is 3. The van der Waals surface area contributed by atoms with E-state index in [-0.39, 0.29) is 0 Å². The van der Waals surface area contributed by atoms with Gasteiger partial charge in [0, 0.05) is 55.2 Å². The van der Waals surface area contributed by atoms with Crippen LogP contribution >= 0.6 is 0 Å². The minimum absolute atomic E-state index is 0.558. The van der Waals surface area contributed by atoms with Gasteiger partial charge in [0.15, 0.2) is 0 Å². The lowest BCUT2D eigenvalue weighted by atomic mass is 10.1. The normalized spacial score (nSPS) is 15.6. The fourth-order valence-corrected chi connectivity index (χ4v) is 3.26. The molecule has 7 heteroatoms. The number of ether oxygens (including phenoxy) is 1. The number of carbonyl (C=O) groups is 2. The van der Waals surface area contributed by atoms with Crippen LogP contribution in [-0.2, 0) is 9.59 Å². The zero-order chi connectivity index (χ0) is 21.5. The lowest BCUT2D eigenvalue weighted by molar-refractivity contribution is -0.134. The number of fused-ring (bicyclic) bond motifs is 2. The summed E-state index contributed by atoms with van der Waals surface area (Å²) in [5.41, 5.74) is 3.60. The first-order valence-electron chi connectivity index (χ1n) is 9.59. The molecule has 7 nitrogen and oxygen atoms in total. The van der Waals surface area contributed by atoms with E-state index in [4.69, 9.17) is 14.9 Å². The highest BCUT2D eigenvalue weighted by atomic mass is 16.5. The van der Waals surface area contributed by atoms with Gasteiger partial charge in [-0.05, 0) is 31.3 Å². The van der Waals surface area contributed by atoms with Gasteiger partial charge in [0.25, 0.3) is 0 Å². The molecule has 0 amide bonds. The maximum atomic E-state index is 9.55. The number of likely N-dealkylation sites (N-methyl/N-ethyl adjacent to an activating group) is 1. The number of carboxylic acids is 2. The maximum Gasteiger partial charge on any atom is 0.328 e. The molecule has 1 fully saturated rings. The third-order valence-electron chi connectivity index (χ3n) is 4.81. The third-order valence-corrected chi connectivity index (χ3v) is 4.81. The Hall–Kier alpha value is -3.58. The van der Waals surface area contributed by atoms with Crippen LogP contribution in [0.25, 0.3) is 11.8 Å². The van der Waals surface area contributed by atoms with Crippen molar-refractivity contribution in [2.24, 2.45) is 0 Å². The Labute approximate surface area is 175 Å². The van der Waals surface area contributed by atoms with Crippen molar-refractivity contribution in [3.63, 3.8) is 0 Å². The summed E-state index contributed by atoms with van der Waals surface area (Å²) in [5, 5.41) is 15.6. The maximum absolute atomic E-state index is 9.55. The summed E-state index contributed by atoms with van der Waals surface area (Å²) in [7, 11) is 2.19. The Morgan fingerprint density at radius 2 is 1.43 bits per heavy atom. The summed E-state index contributed by atoms with van der Waals surface area (Å²) in [4.78, 5) is 24.0. The lowest BCUT2D eigenvalue weighted by Gasteiger charge is -2.35. The van der Waals surface area contributed by atoms with Crippen LogP contribution in [0.4, 0.5) is 0 Å². The Bertz CT molecular complexity index is 959. The number of para-hydroxylation sites is 2. The second-order valence-electron chi connectivity index (χ2n) is 6.97. The second kappa shape index (κ2) is 9.76. The van der Waals surface area contributed by atoms with Crippen molar-refractivity contribution < 1.29 is 24.5 Å². The first-order valence-corrected chi connectivity index (χ1v) is 9.59. The predicted octanol–water partition coefficient (Wildman–Crippen LogP) is 3.25. The van der Waals surface area contributed by atoms with Crippen LogP contribution in [0.1, 0.15) is 11.1 Å². The number of nitrogens with zero attached hydrogens (tertiary/aromatic N) is 2. The van der Waals surface area contributed by atoms with Crippen molar-refractivity contribution >= 4 is 23.7 Å². The summed E-state index contributed by atoms with van der Waals surface area (Å²) in [6, 6.07) is 16.6. The molecular formula is C23H24N2O5. The van der Waals surface area contributed by atoms with E-state index in [0.29, 0.717) is 12.2 Å². The van der Waals surface area contributed by atoms with Crippen molar-refractivity contribution in [1.29, 1.82) is 0 Å². The molecule has 2 aromatic rings. The second-order valence-corrected chi connectivity index (χ2v) is 6.97. The summed E-state index contributed by atoms with van der Waals surface area (Å²) < 4.78 is 6.16. The summed E-state index contributed by atoms with van der Waals surface area (Å²) >= 11 is 0. The minimum atomic E-state index is -1.26. The van der Waals surface area contributed by atoms with E-state index in [9.17, 15) is 9.59 Å². The molecule has 0 spiro atoms. The molecular weight excluding hydrogens is 384 g/mol. The Morgan fingerprint density at radius 3 is 2.07 bits per heavy atom. The van der Waals surface area contributed by atoms with Crippen LogP contribution in [-0.4, -0.2) is 65.2 Å². The Morgan fingerprint density at radius 1 is 0.867 bits per heavy atom. The molecule has 2 aliphatic heterocycles. The van der Waals surface area contributed by atoms with E-state index in [1.807, 2.05) is 18.2 Å². The average Bonchev–Trinajstić information content (AvgIpc) is 2.90. The van der Waals surface area contributed by atoms with Gasteiger partial charge in [-0.2, -0.15) is 0 Å². The molecule has 0 saturated carbocycles. The highest BCUT2D eigenvalue weighted by Crippen LogP contribution is 2.39. The molecule has 156 valence electrons. The highest BCUT2D eigenvalue weighted by molar-refractivity contribution is 5.89. The summed E-state index contributed by atoms with van der Waals surface area (Å²) in [6.07, 6.45) is 3.39. The molecule has 0 bridgehead atoms. The molecule has 2 aromatic carbocycles. The summed E-state index contributed by atoms with van der Waals surface area (Å²) in [5.74, 6) is -0.642. The van der Waals surface area contributed by atoms with Gasteiger partial charge in [-0.25, -0.2) is 9.59 Å². The smallest absolute Gasteiger partial charge is 0.328 e. The van der Waals surface area contributed by atoms with Gasteiger partial charge >= 0.3 is 11.9 Å². The van der Waals surface area contributed by atoms with Gasteiger partial charge in [0.2, 0.25) is 0 Å². The van der Waals surface area contributed by atoms with Crippen LogP contribution in [0.3, 0.4) is 0 Å². The van der Waals surface area contributed by atoms with Gasteiger partial charge in [-0.3, -0.25) is 0 Å². The molecule has 2 N–H and O–H groups in total. The monoisotopic (exact) mass is 408 g/mol. The fourth-order valence-electron chi connectivity index (χ4n) is 3.26. The molecule has 0 aliphatic carbocycles. The Balaban J connectivity index is 0.000000275. The van der Waals surface area contributed by atoms with Gasteiger partial charge in [0.05, 0.1) is 0 Å². The first-order chi connectivity index (χ1) is 14.4. The van der Waals surface area contributed by atoms with E-state index >= 15 is 0 Å². The predicted molar refractivity (Wildman–Crippen MR) is 114 cm³/mol. The zero-order valence-electron chi connectivity index (χ0n) is 16.7. The number of aliphatic carboxylic acids is 2. The lowest BCUT2D eigenvalue weighted by Crippen LogP contribution is -2.43. The Kier molecular flexibility index (Phi) is 6.87. The minimum Gasteiger partial charge on any atom is -0.478 e. The number of benzene rings is 2. The van der Waals surface area contributed by atoms with Gasteiger partial charge < -0.3 is 24.7 Å². The number of piperazine rings is 1. The topological polar surface area (TPSA) is 90.3 Å². The fraction of sp³-hybridized carbons (Fsp3) is 0.217. The largest absolute Gasteiger partial charge is 0.478 e. The summed E-state index contributed by atoms with van der Waals surface area (Å²) in [6.45, 7) is 4.31. The van der Waals surface area contributed by atoms with E-state index < -0.39 is 11.9 Å². The van der Waals surface area contributed by atoms with E-state index in [2.05, 4.69) is 53.3 Å². The first kappa shape index (κ1) is 21.1. The molecule has 4 rings (SSSR count). The van der Waals surface area contributed by atoms with E-state index in [1.165, 1.54) is 11.3 Å². The number of hydrogen-bond acceptors (Lipinski definition) is 5. The molecule has 30 heavy (non-hydrogen) atoms. The molecule has 0 radical (unpaired) electrons. The molecule has 1 saturated heterocycles.